The molecule has 4 aliphatic carbocycles. The average Bonchev–Trinajstić information content (AvgIpc) is 3.32. The minimum absolute atomic E-state index is 0.169. The number of hydrogen-bond acceptors (Lipinski definition) is 7. The van der Waals surface area contributed by atoms with Gasteiger partial charge in [0.2, 0.25) is 0 Å². The number of fused-ring (bicyclic) bond motifs is 1. The summed E-state index contributed by atoms with van der Waals surface area (Å²) in [6.45, 7) is 5.58. The molecule has 8 rings (SSSR count). The lowest BCUT2D eigenvalue weighted by molar-refractivity contribution is -0.389. The average molecular weight is 494 g/mol. The van der Waals surface area contributed by atoms with Crippen LogP contribution in [-0.2, 0) is 6.54 Å². The van der Waals surface area contributed by atoms with Crippen LogP contribution in [0.25, 0.3) is 0 Å². The number of piperazine rings is 1. The Morgan fingerprint density at radius 2 is 1.67 bits per heavy atom. The van der Waals surface area contributed by atoms with Crippen LogP contribution in [0, 0.1) is 33.8 Å². The number of hydrogen-bond donors (Lipinski definition) is 0. The summed E-state index contributed by atoms with van der Waals surface area (Å²) in [4.78, 5) is 19.7. The summed E-state index contributed by atoms with van der Waals surface area (Å²) in [6, 6.07) is 9.53. The Balaban J connectivity index is 0.906. The minimum atomic E-state index is -0.495. The maximum Gasteiger partial charge on any atom is 0.414 e. The molecule has 1 aromatic carbocycles. The van der Waals surface area contributed by atoms with Crippen LogP contribution in [0.1, 0.15) is 38.5 Å². The third-order valence-electron chi connectivity index (χ3n) is 9.43. The zero-order valence-corrected chi connectivity index (χ0v) is 20.7. The first-order chi connectivity index (χ1) is 17.6. The monoisotopic (exact) mass is 493 g/mol. The van der Waals surface area contributed by atoms with E-state index >= 15 is 0 Å². The van der Waals surface area contributed by atoms with E-state index in [0.717, 1.165) is 55.0 Å². The first-order valence-corrected chi connectivity index (χ1v) is 13.7. The molecule has 36 heavy (non-hydrogen) atoms. The van der Waals surface area contributed by atoms with E-state index in [1.165, 1.54) is 57.1 Å². The number of ether oxygens (including phenoxy) is 2. The third-order valence-corrected chi connectivity index (χ3v) is 9.43. The zero-order chi connectivity index (χ0) is 24.2. The molecule has 2 aliphatic heterocycles. The standard InChI is InChI=1S/C27H35N5O4/c33-32(34)25-16-31-6-5-24(36-27(31)28-25)17-35-23-3-1-22(2-4-23)29-7-9-30(10-8-29)26-20-12-18-11-19(14-20)15-21(26)13-18/h1-4,16,18-21,24,26H,5-15,17H2/t18?,19?,20?,21?,24-,26?/m1/s1. The zero-order valence-electron chi connectivity index (χ0n) is 20.7. The molecule has 4 bridgehead atoms. The maximum absolute atomic E-state index is 10.9. The van der Waals surface area contributed by atoms with Gasteiger partial charge in [-0.1, -0.05) is 0 Å². The highest BCUT2D eigenvalue weighted by Gasteiger charge is 2.50. The van der Waals surface area contributed by atoms with Gasteiger partial charge in [-0.2, -0.15) is 0 Å². The summed E-state index contributed by atoms with van der Waals surface area (Å²) < 4.78 is 13.5. The van der Waals surface area contributed by atoms with Gasteiger partial charge in [0.15, 0.2) is 0 Å². The molecule has 2 aromatic rings. The van der Waals surface area contributed by atoms with Crippen molar-refractivity contribution in [1.29, 1.82) is 0 Å². The highest BCUT2D eigenvalue weighted by molar-refractivity contribution is 5.49. The number of benzene rings is 1. The Labute approximate surface area is 211 Å². The summed E-state index contributed by atoms with van der Waals surface area (Å²) in [5.74, 6) is 4.65. The van der Waals surface area contributed by atoms with Crippen LogP contribution in [0.2, 0.25) is 0 Å². The van der Waals surface area contributed by atoms with Gasteiger partial charge in [0, 0.05) is 55.9 Å². The van der Waals surface area contributed by atoms with E-state index in [2.05, 4.69) is 26.9 Å². The van der Waals surface area contributed by atoms with Crippen molar-refractivity contribution >= 4 is 11.5 Å². The fourth-order valence-electron chi connectivity index (χ4n) is 8.05. The smallest absolute Gasteiger partial charge is 0.414 e. The lowest BCUT2D eigenvalue weighted by Crippen LogP contribution is -2.60. The van der Waals surface area contributed by atoms with Gasteiger partial charge in [-0.05, 0) is 85.0 Å². The van der Waals surface area contributed by atoms with E-state index in [1.807, 2.05) is 12.1 Å². The fraction of sp³-hybridized carbons (Fsp3) is 0.667. The molecule has 5 fully saturated rings. The Hall–Kier alpha value is -2.81. The third kappa shape index (κ3) is 4.11. The highest BCUT2D eigenvalue weighted by atomic mass is 16.6. The van der Waals surface area contributed by atoms with E-state index in [0.29, 0.717) is 19.2 Å². The molecule has 9 heteroatoms. The van der Waals surface area contributed by atoms with Crippen molar-refractivity contribution in [1.82, 2.24) is 14.5 Å². The summed E-state index contributed by atoms with van der Waals surface area (Å²) in [7, 11) is 0. The Morgan fingerprint density at radius 1 is 0.972 bits per heavy atom. The molecule has 0 unspecified atom stereocenters. The predicted molar refractivity (Wildman–Crippen MR) is 134 cm³/mol. The number of aromatic nitrogens is 2. The van der Waals surface area contributed by atoms with Crippen LogP contribution in [0.4, 0.5) is 11.5 Å². The van der Waals surface area contributed by atoms with Gasteiger partial charge in [-0.15, -0.1) is 0 Å². The molecule has 1 saturated heterocycles. The van der Waals surface area contributed by atoms with E-state index in [-0.39, 0.29) is 11.9 Å². The van der Waals surface area contributed by atoms with Crippen molar-refractivity contribution < 1.29 is 14.4 Å². The summed E-state index contributed by atoms with van der Waals surface area (Å²) in [5.41, 5.74) is 1.26. The van der Waals surface area contributed by atoms with Gasteiger partial charge in [0.05, 0.1) is 0 Å². The lowest BCUT2D eigenvalue weighted by Gasteiger charge is -2.58. The van der Waals surface area contributed by atoms with Crippen LogP contribution in [-0.4, -0.2) is 64.3 Å². The van der Waals surface area contributed by atoms with Gasteiger partial charge in [-0.3, -0.25) is 9.47 Å². The number of nitrogens with zero attached hydrogens (tertiary/aromatic N) is 5. The van der Waals surface area contributed by atoms with Crippen LogP contribution in [0.5, 0.6) is 11.8 Å². The molecule has 0 amide bonds. The molecular weight excluding hydrogens is 458 g/mol. The van der Waals surface area contributed by atoms with Crippen molar-refractivity contribution in [3.05, 3.63) is 40.6 Å². The SMILES string of the molecule is O=[N+]([O-])c1cn2c(n1)O[C@@H](COc1ccc(N3CCN(C4C5CC6CC(C5)CC4C6)CC3)cc1)CC2. The number of anilines is 1. The highest BCUT2D eigenvalue weighted by Crippen LogP contribution is 2.55. The topological polar surface area (TPSA) is 85.9 Å². The molecule has 0 radical (unpaired) electrons. The summed E-state index contributed by atoms with van der Waals surface area (Å²) in [5, 5.41) is 10.9. The second kappa shape index (κ2) is 8.94. The summed E-state index contributed by atoms with van der Waals surface area (Å²) >= 11 is 0. The maximum atomic E-state index is 10.9. The molecule has 0 N–H and O–H groups in total. The van der Waals surface area contributed by atoms with Crippen LogP contribution in [0.3, 0.4) is 0 Å². The number of nitro groups is 1. The van der Waals surface area contributed by atoms with Crippen molar-refractivity contribution in [2.45, 2.75) is 57.2 Å². The van der Waals surface area contributed by atoms with Crippen molar-refractivity contribution in [3.8, 4) is 11.8 Å². The fourth-order valence-corrected chi connectivity index (χ4v) is 8.05. The van der Waals surface area contributed by atoms with Crippen molar-refractivity contribution in [3.63, 3.8) is 0 Å². The summed E-state index contributed by atoms with van der Waals surface area (Å²) in [6.07, 6.45) is 9.49. The van der Waals surface area contributed by atoms with Crippen LogP contribution < -0.4 is 14.4 Å². The number of aryl methyl sites for hydroxylation is 1. The molecule has 192 valence electrons. The Kier molecular flexibility index (Phi) is 5.56. The van der Waals surface area contributed by atoms with Gasteiger partial charge in [0.1, 0.15) is 24.7 Å². The first-order valence-electron chi connectivity index (χ1n) is 13.7. The van der Waals surface area contributed by atoms with Crippen molar-refractivity contribution in [2.24, 2.45) is 23.7 Å². The van der Waals surface area contributed by atoms with E-state index in [4.69, 9.17) is 9.47 Å². The molecule has 9 nitrogen and oxygen atoms in total. The van der Waals surface area contributed by atoms with Crippen LogP contribution in [0.15, 0.2) is 30.5 Å². The molecule has 6 aliphatic rings. The minimum Gasteiger partial charge on any atom is -0.490 e. The molecular formula is C27H35N5O4. The quantitative estimate of drug-likeness (QED) is 0.445. The molecule has 3 heterocycles. The van der Waals surface area contributed by atoms with E-state index in [1.54, 1.807) is 4.57 Å². The second-order valence-electron chi connectivity index (χ2n) is 11.6. The van der Waals surface area contributed by atoms with Crippen molar-refractivity contribution in [2.75, 3.05) is 37.7 Å². The van der Waals surface area contributed by atoms with Gasteiger partial charge in [-0.25, -0.2) is 0 Å². The van der Waals surface area contributed by atoms with Crippen LogP contribution >= 0.6 is 0 Å². The molecule has 4 saturated carbocycles. The van der Waals surface area contributed by atoms with Gasteiger partial charge < -0.3 is 24.5 Å². The Morgan fingerprint density at radius 3 is 2.33 bits per heavy atom. The Bertz CT molecular complexity index is 1080. The largest absolute Gasteiger partial charge is 0.490 e. The number of rotatable bonds is 6. The normalized spacial score (nSPS) is 33.3. The van der Waals surface area contributed by atoms with E-state index in [9.17, 15) is 10.1 Å². The first kappa shape index (κ1) is 22.4. The van der Waals surface area contributed by atoms with E-state index < -0.39 is 4.92 Å². The van der Waals surface area contributed by atoms with Gasteiger partial charge >= 0.3 is 11.8 Å². The molecule has 1 aromatic heterocycles. The predicted octanol–water partition coefficient (Wildman–Crippen LogP) is 3.97. The lowest BCUT2D eigenvalue weighted by atomic mass is 9.54. The molecule has 1 atom stereocenters. The number of imidazole rings is 1. The van der Waals surface area contributed by atoms with Gasteiger partial charge in [0.25, 0.3) is 0 Å². The second-order valence-corrected chi connectivity index (χ2v) is 11.6. The molecule has 0 spiro atoms.